The fourth-order valence-electron chi connectivity index (χ4n) is 1.50. The van der Waals surface area contributed by atoms with Gasteiger partial charge in [0.25, 0.3) is 5.91 Å². The molecule has 18 heavy (non-hydrogen) atoms. The first-order valence-electron chi connectivity index (χ1n) is 5.17. The molecule has 0 unspecified atom stereocenters. The van der Waals surface area contributed by atoms with Crippen LogP contribution in [0.3, 0.4) is 0 Å². The monoisotopic (exact) mass is 368 g/mol. The smallest absolute Gasteiger partial charge is 0.255 e. The molecule has 2 rings (SSSR count). The Hall–Kier alpha value is -1.33. The van der Waals surface area contributed by atoms with Gasteiger partial charge in [0.1, 0.15) is 0 Å². The van der Waals surface area contributed by atoms with Gasteiger partial charge in [-0.25, -0.2) is 0 Å². The van der Waals surface area contributed by atoms with E-state index in [9.17, 15) is 4.79 Å². The Kier molecular flexibility index (Phi) is 4.04. The van der Waals surface area contributed by atoms with E-state index in [4.69, 9.17) is 5.73 Å². The molecule has 0 saturated heterocycles. The van der Waals surface area contributed by atoms with Crippen LogP contribution < -0.4 is 11.1 Å². The fraction of sp³-hybridized carbons (Fsp3) is 0. The van der Waals surface area contributed by atoms with Crippen molar-refractivity contribution in [3.05, 3.63) is 57.0 Å². The summed E-state index contributed by atoms with van der Waals surface area (Å²) in [5.74, 6) is -0.178. The molecule has 0 saturated carbocycles. The molecular weight excluding hydrogens is 360 g/mol. The summed E-state index contributed by atoms with van der Waals surface area (Å²) in [6, 6.07) is 12.5. The molecule has 92 valence electrons. The number of nitrogens with one attached hydrogen (secondary N) is 1. The number of hydrogen-bond acceptors (Lipinski definition) is 2. The Labute approximate surface area is 122 Å². The summed E-state index contributed by atoms with van der Waals surface area (Å²) in [6.07, 6.45) is 0. The van der Waals surface area contributed by atoms with E-state index >= 15 is 0 Å². The average molecular weight is 370 g/mol. The van der Waals surface area contributed by atoms with E-state index in [-0.39, 0.29) is 5.91 Å². The zero-order valence-corrected chi connectivity index (χ0v) is 12.5. The van der Waals surface area contributed by atoms with Crippen LogP contribution in [0.15, 0.2) is 51.4 Å². The number of amides is 1. The summed E-state index contributed by atoms with van der Waals surface area (Å²) in [6.45, 7) is 0. The molecule has 0 bridgehead atoms. The van der Waals surface area contributed by atoms with Gasteiger partial charge in [-0.2, -0.15) is 0 Å². The average Bonchev–Trinajstić information content (AvgIpc) is 2.27. The number of rotatable bonds is 2. The van der Waals surface area contributed by atoms with Crippen molar-refractivity contribution in [2.24, 2.45) is 0 Å². The molecule has 0 aliphatic rings. The number of anilines is 2. The fourth-order valence-corrected chi connectivity index (χ4v) is 2.80. The molecule has 0 fully saturated rings. The van der Waals surface area contributed by atoms with Crippen molar-refractivity contribution in [2.45, 2.75) is 0 Å². The van der Waals surface area contributed by atoms with E-state index in [1.54, 1.807) is 36.4 Å². The minimum atomic E-state index is -0.178. The van der Waals surface area contributed by atoms with E-state index in [0.717, 1.165) is 8.95 Å². The standard InChI is InChI=1S/C13H10Br2N2O/c14-9-4-8(5-10(15)6-9)13(18)17-12-3-1-2-11(16)7-12/h1-7H,16H2,(H,17,18). The van der Waals surface area contributed by atoms with Crippen molar-refractivity contribution in [1.82, 2.24) is 0 Å². The summed E-state index contributed by atoms with van der Waals surface area (Å²) in [4.78, 5) is 12.0. The maximum Gasteiger partial charge on any atom is 0.255 e. The molecule has 3 N–H and O–H groups in total. The van der Waals surface area contributed by atoms with Crippen LogP contribution in [-0.2, 0) is 0 Å². The van der Waals surface area contributed by atoms with Crippen LogP contribution in [0.4, 0.5) is 11.4 Å². The Morgan fingerprint density at radius 1 is 1.06 bits per heavy atom. The third kappa shape index (κ3) is 3.34. The topological polar surface area (TPSA) is 55.1 Å². The van der Waals surface area contributed by atoms with Gasteiger partial charge in [0.15, 0.2) is 0 Å². The first kappa shape index (κ1) is 13.1. The largest absolute Gasteiger partial charge is 0.399 e. The van der Waals surface area contributed by atoms with Crippen molar-refractivity contribution in [2.75, 3.05) is 11.1 Å². The maximum absolute atomic E-state index is 12.0. The maximum atomic E-state index is 12.0. The predicted octanol–water partition coefficient (Wildman–Crippen LogP) is 4.05. The highest BCUT2D eigenvalue weighted by Crippen LogP contribution is 2.21. The summed E-state index contributed by atoms with van der Waals surface area (Å²) in [5.41, 5.74) is 7.51. The SMILES string of the molecule is Nc1cccc(NC(=O)c2cc(Br)cc(Br)c2)c1. The normalized spacial score (nSPS) is 10.1. The van der Waals surface area contributed by atoms with Gasteiger partial charge in [-0.3, -0.25) is 4.79 Å². The van der Waals surface area contributed by atoms with Crippen LogP contribution in [0, 0.1) is 0 Å². The Morgan fingerprint density at radius 2 is 1.72 bits per heavy atom. The van der Waals surface area contributed by atoms with E-state index in [1.165, 1.54) is 0 Å². The van der Waals surface area contributed by atoms with Gasteiger partial charge < -0.3 is 11.1 Å². The van der Waals surface area contributed by atoms with Crippen LogP contribution in [0.2, 0.25) is 0 Å². The lowest BCUT2D eigenvalue weighted by Gasteiger charge is -2.07. The van der Waals surface area contributed by atoms with Crippen molar-refractivity contribution in [1.29, 1.82) is 0 Å². The summed E-state index contributed by atoms with van der Waals surface area (Å²) >= 11 is 6.70. The second-order valence-corrected chi connectivity index (χ2v) is 5.57. The highest BCUT2D eigenvalue weighted by Gasteiger charge is 2.08. The second-order valence-electron chi connectivity index (χ2n) is 3.74. The Morgan fingerprint density at radius 3 is 2.33 bits per heavy atom. The quantitative estimate of drug-likeness (QED) is 0.784. The molecule has 0 spiro atoms. The number of halogens is 2. The van der Waals surface area contributed by atoms with Gasteiger partial charge in [0.2, 0.25) is 0 Å². The number of nitrogen functional groups attached to an aromatic ring is 1. The Bertz CT molecular complexity index is 579. The molecule has 0 atom stereocenters. The highest BCUT2D eigenvalue weighted by atomic mass is 79.9. The molecule has 1 amide bonds. The van der Waals surface area contributed by atoms with E-state index < -0.39 is 0 Å². The lowest BCUT2D eigenvalue weighted by molar-refractivity contribution is 0.102. The molecule has 0 aliphatic heterocycles. The predicted molar refractivity (Wildman–Crippen MR) is 80.6 cm³/mol. The summed E-state index contributed by atoms with van der Waals surface area (Å²) < 4.78 is 1.68. The minimum Gasteiger partial charge on any atom is -0.399 e. The molecule has 2 aromatic carbocycles. The van der Waals surface area contributed by atoms with Crippen LogP contribution in [0.5, 0.6) is 0 Å². The molecule has 0 aliphatic carbocycles. The summed E-state index contributed by atoms with van der Waals surface area (Å²) in [5, 5.41) is 2.79. The second kappa shape index (κ2) is 5.54. The Balaban J connectivity index is 2.22. The third-order valence-electron chi connectivity index (χ3n) is 2.27. The van der Waals surface area contributed by atoms with Crippen LogP contribution in [0.1, 0.15) is 10.4 Å². The first-order chi connectivity index (χ1) is 8.54. The molecule has 0 heterocycles. The van der Waals surface area contributed by atoms with Crippen molar-refractivity contribution < 1.29 is 4.79 Å². The molecule has 0 radical (unpaired) electrons. The van der Waals surface area contributed by atoms with Crippen LogP contribution in [-0.4, -0.2) is 5.91 Å². The minimum absolute atomic E-state index is 0.178. The van der Waals surface area contributed by atoms with Crippen molar-refractivity contribution >= 4 is 49.1 Å². The molecule has 0 aromatic heterocycles. The molecule has 5 heteroatoms. The number of benzene rings is 2. The number of hydrogen-bond donors (Lipinski definition) is 2. The van der Waals surface area contributed by atoms with Crippen LogP contribution >= 0.6 is 31.9 Å². The van der Waals surface area contributed by atoms with Gasteiger partial charge in [-0.05, 0) is 36.4 Å². The van der Waals surface area contributed by atoms with E-state index in [1.807, 2.05) is 6.07 Å². The van der Waals surface area contributed by atoms with Gasteiger partial charge >= 0.3 is 0 Å². The lowest BCUT2D eigenvalue weighted by Crippen LogP contribution is -2.12. The molecule has 2 aromatic rings. The molecular formula is C13H10Br2N2O. The van der Waals surface area contributed by atoms with Gasteiger partial charge in [0, 0.05) is 25.9 Å². The van der Waals surface area contributed by atoms with Gasteiger partial charge in [0.05, 0.1) is 0 Å². The highest BCUT2D eigenvalue weighted by molar-refractivity contribution is 9.11. The van der Waals surface area contributed by atoms with Gasteiger partial charge in [-0.15, -0.1) is 0 Å². The molecule has 3 nitrogen and oxygen atoms in total. The number of nitrogens with two attached hydrogens (primary N) is 1. The number of carbonyl (C=O) groups excluding carboxylic acids is 1. The van der Waals surface area contributed by atoms with Gasteiger partial charge in [-0.1, -0.05) is 37.9 Å². The van der Waals surface area contributed by atoms with Crippen molar-refractivity contribution in [3.8, 4) is 0 Å². The van der Waals surface area contributed by atoms with E-state index in [0.29, 0.717) is 16.9 Å². The summed E-state index contributed by atoms with van der Waals surface area (Å²) in [7, 11) is 0. The first-order valence-corrected chi connectivity index (χ1v) is 6.76. The van der Waals surface area contributed by atoms with Crippen molar-refractivity contribution in [3.63, 3.8) is 0 Å². The zero-order chi connectivity index (χ0) is 13.1. The zero-order valence-electron chi connectivity index (χ0n) is 9.28. The third-order valence-corrected chi connectivity index (χ3v) is 3.18. The van der Waals surface area contributed by atoms with E-state index in [2.05, 4.69) is 37.2 Å². The lowest BCUT2D eigenvalue weighted by atomic mass is 10.2. The van der Waals surface area contributed by atoms with Crippen LogP contribution in [0.25, 0.3) is 0 Å². The number of carbonyl (C=O) groups is 1.